The molecule has 18 heavy (non-hydrogen) atoms. The zero-order valence-electron chi connectivity index (χ0n) is 11.5. The van der Waals surface area contributed by atoms with Crippen LogP contribution in [0.2, 0.25) is 0 Å². The van der Waals surface area contributed by atoms with Crippen LogP contribution in [0.1, 0.15) is 30.0 Å². The Morgan fingerprint density at radius 3 is 2.17 bits per heavy atom. The summed E-state index contributed by atoms with van der Waals surface area (Å²) in [7, 11) is -3.32. The van der Waals surface area contributed by atoms with E-state index in [1.54, 1.807) is 4.31 Å². The molecule has 4 heteroatoms. The fourth-order valence-electron chi connectivity index (χ4n) is 2.82. The van der Waals surface area contributed by atoms with Crippen LogP contribution >= 0.6 is 0 Å². The highest BCUT2D eigenvalue weighted by atomic mass is 32.2. The molecule has 1 saturated heterocycles. The lowest BCUT2D eigenvalue weighted by atomic mass is 10.1. The van der Waals surface area contributed by atoms with Gasteiger partial charge < -0.3 is 0 Å². The van der Waals surface area contributed by atoms with Gasteiger partial charge in [-0.1, -0.05) is 24.6 Å². The first-order valence-corrected chi connectivity index (χ1v) is 7.84. The van der Waals surface area contributed by atoms with Gasteiger partial charge in [-0.3, -0.25) is 0 Å². The maximum absolute atomic E-state index is 12.7. The summed E-state index contributed by atoms with van der Waals surface area (Å²) in [4.78, 5) is 0.502. The number of nitrogens with zero attached hydrogens (tertiary/aromatic N) is 1. The standard InChI is InChI=1S/C14H21NO2S/c1-10-5-6-15(9-10)18(16,17)14-12(3)7-11(2)8-13(14)4/h7-8,10H,5-6,9H2,1-4H3. The van der Waals surface area contributed by atoms with Crippen LogP contribution in [0.5, 0.6) is 0 Å². The molecule has 1 aromatic carbocycles. The molecule has 1 unspecified atom stereocenters. The van der Waals surface area contributed by atoms with Crippen LogP contribution in [0.15, 0.2) is 17.0 Å². The number of hydrogen-bond acceptors (Lipinski definition) is 2. The average molecular weight is 267 g/mol. The quantitative estimate of drug-likeness (QED) is 0.826. The van der Waals surface area contributed by atoms with Crippen LogP contribution in [-0.2, 0) is 10.0 Å². The summed E-state index contributed by atoms with van der Waals surface area (Å²) >= 11 is 0. The molecule has 0 bridgehead atoms. The van der Waals surface area contributed by atoms with E-state index >= 15 is 0 Å². The first-order valence-electron chi connectivity index (χ1n) is 6.40. The highest BCUT2D eigenvalue weighted by Gasteiger charge is 2.32. The number of aryl methyl sites for hydroxylation is 3. The van der Waals surface area contributed by atoms with E-state index in [1.807, 2.05) is 32.9 Å². The Bertz CT molecular complexity index is 540. The molecule has 2 rings (SSSR count). The average Bonchev–Trinajstić information content (AvgIpc) is 2.63. The van der Waals surface area contributed by atoms with Crippen molar-refractivity contribution in [2.75, 3.05) is 13.1 Å². The Morgan fingerprint density at radius 2 is 1.72 bits per heavy atom. The maximum Gasteiger partial charge on any atom is 0.243 e. The SMILES string of the molecule is Cc1cc(C)c(S(=O)(=O)N2CCC(C)C2)c(C)c1. The van der Waals surface area contributed by atoms with Crippen LogP contribution in [0.25, 0.3) is 0 Å². The summed E-state index contributed by atoms with van der Waals surface area (Å²) in [6.07, 6.45) is 0.961. The number of sulfonamides is 1. The van der Waals surface area contributed by atoms with E-state index in [4.69, 9.17) is 0 Å². The minimum absolute atomic E-state index is 0.464. The van der Waals surface area contributed by atoms with Crippen molar-refractivity contribution in [2.24, 2.45) is 5.92 Å². The van der Waals surface area contributed by atoms with Gasteiger partial charge in [-0.2, -0.15) is 4.31 Å². The van der Waals surface area contributed by atoms with Gasteiger partial charge in [0, 0.05) is 13.1 Å². The minimum Gasteiger partial charge on any atom is -0.207 e. The van der Waals surface area contributed by atoms with Crippen molar-refractivity contribution < 1.29 is 8.42 Å². The molecule has 0 aliphatic carbocycles. The summed E-state index contributed by atoms with van der Waals surface area (Å²) in [5.41, 5.74) is 2.82. The zero-order chi connectivity index (χ0) is 13.5. The summed E-state index contributed by atoms with van der Waals surface area (Å²) in [6, 6.07) is 3.89. The van der Waals surface area contributed by atoms with Crippen molar-refractivity contribution in [3.8, 4) is 0 Å². The van der Waals surface area contributed by atoms with Crippen molar-refractivity contribution >= 4 is 10.0 Å². The molecule has 1 fully saturated rings. The van der Waals surface area contributed by atoms with Gasteiger partial charge in [0.1, 0.15) is 0 Å². The summed E-state index contributed by atoms with van der Waals surface area (Å²) < 4.78 is 26.9. The van der Waals surface area contributed by atoms with E-state index in [9.17, 15) is 8.42 Å². The molecular weight excluding hydrogens is 246 g/mol. The molecule has 0 N–H and O–H groups in total. The van der Waals surface area contributed by atoms with Gasteiger partial charge in [0.15, 0.2) is 0 Å². The smallest absolute Gasteiger partial charge is 0.207 e. The molecule has 0 radical (unpaired) electrons. The molecule has 0 spiro atoms. The predicted molar refractivity (Wildman–Crippen MR) is 73.2 cm³/mol. The van der Waals surface area contributed by atoms with Crippen molar-refractivity contribution in [1.29, 1.82) is 0 Å². The molecule has 1 heterocycles. The molecule has 0 amide bonds. The van der Waals surface area contributed by atoms with Gasteiger partial charge in [0.2, 0.25) is 10.0 Å². The summed E-state index contributed by atoms with van der Waals surface area (Å²) in [5.74, 6) is 0.464. The first kappa shape index (κ1) is 13.6. The van der Waals surface area contributed by atoms with E-state index in [0.29, 0.717) is 23.9 Å². The number of hydrogen-bond donors (Lipinski definition) is 0. The number of rotatable bonds is 2. The lowest BCUT2D eigenvalue weighted by Gasteiger charge is -2.19. The van der Waals surface area contributed by atoms with E-state index in [1.165, 1.54) is 0 Å². The van der Waals surface area contributed by atoms with E-state index < -0.39 is 10.0 Å². The second-order valence-electron chi connectivity index (χ2n) is 5.48. The third kappa shape index (κ3) is 2.31. The Balaban J connectivity index is 2.48. The Labute approximate surface area is 110 Å². The van der Waals surface area contributed by atoms with Crippen molar-refractivity contribution in [1.82, 2.24) is 4.31 Å². The third-order valence-corrected chi connectivity index (χ3v) is 5.76. The normalized spacial score (nSPS) is 21.4. The van der Waals surface area contributed by atoms with E-state index in [0.717, 1.165) is 23.1 Å². The summed E-state index contributed by atoms with van der Waals surface area (Å²) in [5, 5.41) is 0. The second kappa shape index (κ2) is 4.67. The molecule has 100 valence electrons. The molecule has 1 aromatic rings. The monoisotopic (exact) mass is 267 g/mol. The zero-order valence-corrected chi connectivity index (χ0v) is 12.3. The highest BCUT2D eigenvalue weighted by Crippen LogP contribution is 2.28. The first-order chi connectivity index (χ1) is 8.32. The van der Waals surface area contributed by atoms with Crippen molar-refractivity contribution in [3.05, 3.63) is 28.8 Å². The Kier molecular flexibility index (Phi) is 3.52. The van der Waals surface area contributed by atoms with Gasteiger partial charge in [-0.25, -0.2) is 8.42 Å². The molecule has 0 aromatic heterocycles. The van der Waals surface area contributed by atoms with Crippen LogP contribution in [-0.4, -0.2) is 25.8 Å². The Morgan fingerprint density at radius 1 is 1.17 bits per heavy atom. The van der Waals surface area contributed by atoms with Gasteiger partial charge in [0.05, 0.1) is 4.90 Å². The van der Waals surface area contributed by atoms with Crippen LogP contribution < -0.4 is 0 Å². The molecule has 1 atom stereocenters. The minimum atomic E-state index is -3.32. The van der Waals surface area contributed by atoms with Gasteiger partial charge in [-0.15, -0.1) is 0 Å². The molecule has 3 nitrogen and oxygen atoms in total. The van der Waals surface area contributed by atoms with Gasteiger partial charge in [-0.05, 0) is 44.2 Å². The molecule has 1 aliphatic rings. The molecular formula is C14H21NO2S. The van der Waals surface area contributed by atoms with Crippen LogP contribution in [0.4, 0.5) is 0 Å². The van der Waals surface area contributed by atoms with Crippen molar-refractivity contribution in [3.63, 3.8) is 0 Å². The molecule has 1 aliphatic heterocycles. The fourth-order valence-corrected chi connectivity index (χ4v) is 4.80. The highest BCUT2D eigenvalue weighted by molar-refractivity contribution is 7.89. The fraction of sp³-hybridized carbons (Fsp3) is 0.571. The van der Waals surface area contributed by atoms with Crippen molar-refractivity contribution in [2.45, 2.75) is 39.0 Å². The van der Waals surface area contributed by atoms with Crippen LogP contribution in [0, 0.1) is 26.7 Å². The number of benzene rings is 1. The third-order valence-electron chi connectivity index (χ3n) is 3.59. The van der Waals surface area contributed by atoms with Gasteiger partial charge in [0.25, 0.3) is 0 Å². The van der Waals surface area contributed by atoms with E-state index in [2.05, 4.69) is 6.92 Å². The van der Waals surface area contributed by atoms with Gasteiger partial charge >= 0.3 is 0 Å². The summed E-state index contributed by atoms with van der Waals surface area (Å²) in [6.45, 7) is 9.16. The topological polar surface area (TPSA) is 37.4 Å². The lowest BCUT2D eigenvalue weighted by molar-refractivity contribution is 0.463. The molecule has 0 saturated carbocycles. The van der Waals surface area contributed by atoms with E-state index in [-0.39, 0.29) is 0 Å². The van der Waals surface area contributed by atoms with Crippen LogP contribution in [0.3, 0.4) is 0 Å². The lowest BCUT2D eigenvalue weighted by Crippen LogP contribution is -2.29. The maximum atomic E-state index is 12.7. The predicted octanol–water partition coefficient (Wildman–Crippen LogP) is 2.64. The second-order valence-corrected chi connectivity index (χ2v) is 7.36. The Hall–Kier alpha value is -0.870. The largest absolute Gasteiger partial charge is 0.243 e.